The highest BCUT2D eigenvalue weighted by Crippen LogP contribution is 2.19. The zero-order valence-electron chi connectivity index (χ0n) is 7.40. The van der Waals surface area contributed by atoms with Crippen LogP contribution in [0.2, 0.25) is 0 Å². The SMILES string of the molecule is O=C(CBr)Cc1cccc(CCl)c1I. The first-order valence-corrected chi connectivity index (χ1v) is 6.82. The molecule has 4 heteroatoms. The summed E-state index contributed by atoms with van der Waals surface area (Å²) in [5.74, 6) is 0.684. The largest absolute Gasteiger partial charge is 0.298 e. The minimum absolute atomic E-state index is 0.189. The van der Waals surface area contributed by atoms with Crippen LogP contribution in [0.4, 0.5) is 0 Å². The quantitative estimate of drug-likeness (QED) is 0.571. The topological polar surface area (TPSA) is 17.1 Å². The molecule has 1 rings (SSSR count). The van der Waals surface area contributed by atoms with Crippen molar-refractivity contribution in [3.63, 3.8) is 0 Å². The average molecular weight is 387 g/mol. The molecule has 0 aliphatic carbocycles. The van der Waals surface area contributed by atoms with E-state index in [0.717, 1.165) is 14.7 Å². The molecule has 0 unspecified atom stereocenters. The lowest BCUT2D eigenvalue weighted by Crippen LogP contribution is -2.05. The fourth-order valence-corrected chi connectivity index (χ4v) is 2.52. The highest BCUT2D eigenvalue weighted by atomic mass is 127. The normalized spacial score (nSPS) is 10.2. The van der Waals surface area contributed by atoms with Crippen LogP contribution in [-0.2, 0) is 17.1 Å². The lowest BCUT2D eigenvalue weighted by atomic mass is 10.1. The third-order valence-corrected chi connectivity index (χ3v) is 4.14. The second kappa shape index (κ2) is 6.08. The Morgan fingerprint density at radius 1 is 1.43 bits per heavy atom. The van der Waals surface area contributed by atoms with Crippen molar-refractivity contribution in [2.45, 2.75) is 12.3 Å². The third-order valence-electron chi connectivity index (χ3n) is 1.84. The zero-order valence-corrected chi connectivity index (χ0v) is 11.9. The van der Waals surface area contributed by atoms with Gasteiger partial charge >= 0.3 is 0 Å². The Kier molecular flexibility index (Phi) is 5.41. The fourth-order valence-electron chi connectivity index (χ4n) is 1.13. The third kappa shape index (κ3) is 3.21. The minimum atomic E-state index is 0.189. The Morgan fingerprint density at radius 3 is 2.64 bits per heavy atom. The molecule has 0 N–H and O–H groups in total. The molecule has 0 aliphatic rings. The van der Waals surface area contributed by atoms with Gasteiger partial charge in [0.2, 0.25) is 0 Å². The van der Waals surface area contributed by atoms with Crippen LogP contribution in [0.25, 0.3) is 0 Å². The van der Waals surface area contributed by atoms with Crippen LogP contribution in [-0.4, -0.2) is 11.1 Å². The maximum Gasteiger partial charge on any atom is 0.147 e. The number of halogens is 3. The minimum Gasteiger partial charge on any atom is -0.298 e. The van der Waals surface area contributed by atoms with Gasteiger partial charge in [0.05, 0.1) is 5.33 Å². The Hall–Kier alpha value is 0.390. The molecule has 0 atom stereocenters. The van der Waals surface area contributed by atoms with Gasteiger partial charge in [-0.25, -0.2) is 0 Å². The molecule has 1 aromatic rings. The molecule has 0 amide bonds. The van der Waals surface area contributed by atoms with E-state index in [1.165, 1.54) is 0 Å². The van der Waals surface area contributed by atoms with Gasteiger partial charge in [-0.15, -0.1) is 11.6 Å². The van der Waals surface area contributed by atoms with E-state index >= 15 is 0 Å². The van der Waals surface area contributed by atoms with Gasteiger partial charge in [-0.2, -0.15) is 0 Å². The molecule has 14 heavy (non-hydrogen) atoms. The van der Waals surface area contributed by atoms with Crippen LogP contribution in [0.1, 0.15) is 11.1 Å². The van der Waals surface area contributed by atoms with E-state index in [-0.39, 0.29) is 5.78 Å². The predicted octanol–water partition coefficient (Wildman–Crippen LogP) is 3.54. The van der Waals surface area contributed by atoms with Gasteiger partial charge in [-0.1, -0.05) is 34.1 Å². The number of hydrogen-bond donors (Lipinski definition) is 0. The molecule has 1 aromatic carbocycles. The van der Waals surface area contributed by atoms with E-state index in [4.69, 9.17) is 11.6 Å². The molecule has 0 fully saturated rings. The lowest BCUT2D eigenvalue weighted by Gasteiger charge is -2.06. The Labute approximate surface area is 110 Å². The van der Waals surface area contributed by atoms with E-state index in [1.54, 1.807) is 0 Å². The first kappa shape index (κ1) is 12.5. The maximum absolute atomic E-state index is 11.2. The van der Waals surface area contributed by atoms with Crippen LogP contribution < -0.4 is 0 Å². The number of carbonyl (C=O) groups is 1. The van der Waals surface area contributed by atoms with Crippen molar-refractivity contribution < 1.29 is 4.79 Å². The summed E-state index contributed by atoms with van der Waals surface area (Å²) in [5.41, 5.74) is 2.15. The summed E-state index contributed by atoms with van der Waals surface area (Å²) in [4.78, 5) is 11.2. The Morgan fingerprint density at radius 2 is 2.07 bits per heavy atom. The number of Topliss-reactive ketones (excluding diaryl/α,β-unsaturated/α-hetero) is 1. The second-order valence-electron chi connectivity index (χ2n) is 2.87. The molecule has 76 valence electrons. The predicted molar refractivity (Wildman–Crippen MR) is 71.2 cm³/mol. The summed E-state index contributed by atoms with van der Waals surface area (Å²) >= 11 is 11.2. The van der Waals surface area contributed by atoms with E-state index in [2.05, 4.69) is 38.5 Å². The number of alkyl halides is 2. The van der Waals surface area contributed by atoms with Crippen LogP contribution in [0.15, 0.2) is 18.2 Å². The van der Waals surface area contributed by atoms with Crippen LogP contribution in [0.3, 0.4) is 0 Å². The van der Waals surface area contributed by atoms with Gasteiger partial charge in [0.15, 0.2) is 0 Å². The molecular weight excluding hydrogens is 378 g/mol. The van der Waals surface area contributed by atoms with E-state index < -0.39 is 0 Å². The van der Waals surface area contributed by atoms with E-state index in [1.807, 2.05) is 18.2 Å². The number of carbonyl (C=O) groups excluding carboxylic acids is 1. The zero-order chi connectivity index (χ0) is 10.6. The number of ketones is 1. The average Bonchev–Trinajstić information content (AvgIpc) is 2.21. The van der Waals surface area contributed by atoms with Crippen LogP contribution in [0.5, 0.6) is 0 Å². The summed E-state index contributed by atoms with van der Waals surface area (Å²) in [6.45, 7) is 0. The smallest absolute Gasteiger partial charge is 0.147 e. The van der Waals surface area contributed by atoms with Crippen molar-refractivity contribution in [1.29, 1.82) is 0 Å². The Balaban J connectivity index is 2.92. The van der Waals surface area contributed by atoms with Gasteiger partial charge in [-0.3, -0.25) is 4.79 Å². The molecule has 0 bridgehead atoms. The summed E-state index contributed by atoms with van der Waals surface area (Å²) in [6, 6.07) is 5.89. The van der Waals surface area contributed by atoms with Gasteiger partial charge < -0.3 is 0 Å². The summed E-state index contributed by atoms with van der Waals surface area (Å²) in [7, 11) is 0. The van der Waals surface area contributed by atoms with Crippen molar-refractivity contribution in [2.75, 3.05) is 5.33 Å². The molecule has 0 aliphatic heterocycles. The van der Waals surface area contributed by atoms with Crippen molar-refractivity contribution in [2.24, 2.45) is 0 Å². The summed E-state index contributed by atoms with van der Waals surface area (Å²) in [5, 5.41) is 0.411. The van der Waals surface area contributed by atoms with E-state index in [0.29, 0.717) is 17.6 Å². The Bertz CT molecular complexity index is 341. The lowest BCUT2D eigenvalue weighted by molar-refractivity contribution is -0.115. The summed E-state index contributed by atoms with van der Waals surface area (Å²) in [6.07, 6.45) is 0.480. The number of hydrogen-bond acceptors (Lipinski definition) is 1. The van der Waals surface area contributed by atoms with Gasteiger partial charge in [0, 0.05) is 15.9 Å². The van der Waals surface area contributed by atoms with Gasteiger partial charge in [0.1, 0.15) is 5.78 Å². The van der Waals surface area contributed by atoms with Crippen molar-refractivity contribution >= 4 is 55.9 Å². The fraction of sp³-hybridized carbons (Fsp3) is 0.300. The monoisotopic (exact) mass is 386 g/mol. The molecular formula is C10H9BrClIO. The van der Waals surface area contributed by atoms with Gasteiger partial charge in [0.25, 0.3) is 0 Å². The van der Waals surface area contributed by atoms with Crippen LogP contribution in [0, 0.1) is 3.57 Å². The highest BCUT2D eigenvalue weighted by Gasteiger charge is 2.08. The van der Waals surface area contributed by atoms with Crippen molar-refractivity contribution in [1.82, 2.24) is 0 Å². The second-order valence-corrected chi connectivity index (χ2v) is 4.78. The number of rotatable bonds is 4. The first-order chi connectivity index (χ1) is 6.69. The molecule has 0 spiro atoms. The molecule has 1 nitrogen and oxygen atoms in total. The molecule has 0 saturated heterocycles. The molecule has 0 aromatic heterocycles. The van der Waals surface area contributed by atoms with Crippen molar-refractivity contribution in [3.05, 3.63) is 32.9 Å². The molecule has 0 radical (unpaired) electrons. The molecule has 0 heterocycles. The highest BCUT2D eigenvalue weighted by molar-refractivity contribution is 14.1. The maximum atomic E-state index is 11.2. The van der Waals surface area contributed by atoms with Crippen molar-refractivity contribution in [3.8, 4) is 0 Å². The van der Waals surface area contributed by atoms with Gasteiger partial charge in [-0.05, 0) is 33.7 Å². The standard InChI is InChI=1S/C10H9BrClIO/c11-5-9(14)4-7-2-1-3-8(6-12)10(7)13/h1-3H,4-6H2. The number of benzene rings is 1. The van der Waals surface area contributed by atoms with Crippen LogP contribution >= 0.6 is 50.1 Å². The summed E-state index contributed by atoms with van der Waals surface area (Å²) < 4.78 is 1.11. The van der Waals surface area contributed by atoms with E-state index in [9.17, 15) is 4.79 Å². The molecule has 0 saturated carbocycles. The first-order valence-electron chi connectivity index (χ1n) is 4.09.